The number of carbonyl (C=O) groups excluding carboxylic acids is 2. The Morgan fingerprint density at radius 1 is 1.33 bits per heavy atom. The Balaban J connectivity index is 4.26. The molecular weight excluding hydrogens is 192 g/mol. The summed E-state index contributed by atoms with van der Waals surface area (Å²) >= 11 is 0. The largest absolute Gasteiger partial charge is 0.463 e. The van der Waals surface area contributed by atoms with Crippen molar-refractivity contribution in [3.05, 3.63) is 24.3 Å². The van der Waals surface area contributed by atoms with Gasteiger partial charge in [-0.15, -0.1) is 6.58 Å². The Bertz CT molecular complexity index is 241. The molecule has 84 valence electrons. The van der Waals surface area contributed by atoms with E-state index in [9.17, 15) is 9.59 Å². The van der Waals surface area contributed by atoms with E-state index in [1.165, 1.54) is 0 Å². The molecule has 3 nitrogen and oxygen atoms in total. The molecule has 0 aromatic carbocycles. The Labute approximate surface area is 90.8 Å². The van der Waals surface area contributed by atoms with E-state index in [1.807, 2.05) is 0 Å². The van der Waals surface area contributed by atoms with Crippen LogP contribution in [0.15, 0.2) is 24.3 Å². The van der Waals surface area contributed by atoms with Gasteiger partial charge < -0.3 is 9.53 Å². The van der Waals surface area contributed by atoms with Crippen LogP contribution in [0.3, 0.4) is 0 Å². The lowest BCUT2D eigenvalue weighted by atomic mass is 10.1. The fourth-order valence-corrected chi connectivity index (χ4v) is 1.09. The summed E-state index contributed by atoms with van der Waals surface area (Å²) in [6.45, 7) is 5.74. The van der Waals surface area contributed by atoms with Gasteiger partial charge in [0.1, 0.15) is 6.29 Å². The SMILES string of the molecule is C=CCC/C(=C\CCC=O)C(=O)OCC. The zero-order valence-corrected chi connectivity index (χ0v) is 9.20. The van der Waals surface area contributed by atoms with Crippen LogP contribution in [0.5, 0.6) is 0 Å². The van der Waals surface area contributed by atoms with Gasteiger partial charge in [-0.2, -0.15) is 0 Å². The first-order valence-corrected chi connectivity index (χ1v) is 5.16. The normalized spacial score (nSPS) is 10.9. The molecule has 0 bridgehead atoms. The minimum absolute atomic E-state index is 0.287. The third kappa shape index (κ3) is 6.66. The van der Waals surface area contributed by atoms with Crippen molar-refractivity contribution < 1.29 is 14.3 Å². The van der Waals surface area contributed by atoms with Gasteiger partial charge in [0, 0.05) is 12.0 Å². The topological polar surface area (TPSA) is 43.4 Å². The quantitative estimate of drug-likeness (QED) is 0.203. The Kier molecular flexibility index (Phi) is 8.34. The molecule has 0 aromatic heterocycles. The maximum Gasteiger partial charge on any atom is 0.333 e. The molecule has 0 radical (unpaired) electrons. The van der Waals surface area contributed by atoms with Crippen LogP contribution in [0.25, 0.3) is 0 Å². The van der Waals surface area contributed by atoms with Crippen molar-refractivity contribution in [2.75, 3.05) is 6.61 Å². The molecule has 3 heteroatoms. The summed E-state index contributed by atoms with van der Waals surface area (Å²) < 4.78 is 4.90. The summed E-state index contributed by atoms with van der Waals surface area (Å²) in [6.07, 6.45) is 6.77. The summed E-state index contributed by atoms with van der Waals surface area (Å²) in [5.41, 5.74) is 0.638. The monoisotopic (exact) mass is 210 g/mol. The summed E-state index contributed by atoms with van der Waals surface area (Å²) in [7, 11) is 0. The van der Waals surface area contributed by atoms with Crippen molar-refractivity contribution in [3.8, 4) is 0 Å². The fraction of sp³-hybridized carbons (Fsp3) is 0.500. The van der Waals surface area contributed by atoms with Crippen LogP contribution in [0, 0.1) is 0 Å². The summed E-state index contributed by atoms with van der Waals surface area (Å²) in [5, 5.41) is 0. The first-order valence-electron chi connectivity index (χ1n) is 5.16. The highest BCUT2D eigenvalue weighted by Gasteiger charge is 2.08. The number of aldehydes is 1. The number of hydrogen-bond acceptors (Lipinski definition) is 3. The Hall–Kier alpha value is -1.38. The van der Waals surface area contributed by atoms with Crippen LogP contribution in [-0.4, -0.2) is 18.9 Å². The zero-order chi connectivity index (χ0) is 11.5. The molecule has 0 atom stereocenters. The molecule has 0 unspecified atom stereocenters. The number of ether oxygens (including phenoxy) is 1. The first kappa shape index (κ1) is 13.6. The second kappa shape index (κ2) is 9.19. The Morgan fingerprint density at radius 2 is 2.07 bits per heavy atom. The molecule has 0 spiro atoms. The van der Waals surface area contributed by atoms with Crippen LogP contribution >= 0.6 is 0 Å². The number of unbranched alkanes of at least 4 members (excludes halogenated alkanes) is 1. The van der Waals surface area contributed by atoms with Crippen molar-refractivity contribution in [2.24, 2.45) is 0 Å². The highest BCUT2D eigenvalue weighted by molar-refractivity contribution is 5.88. The van der Waals surface area contributed by atoms with E-state index < -0.39 is 0 Å². The van der Waals surface area contributed by atoms with Crippen LogP contribution in [0.2, 0.25) is 0 Å². The molecule has 0 heterocycles. The molecule has 0 aromatic rings. The number of esters is 1. The lowest BCUT2D eigenvalue weighted by molar-refractivity contribution is -0.138. The predicted octanol–water partition coefficient (Wildman–Crippen LogP) is 2.42. The van der Waals surface area contributed by atoms with E-state index >= 15 is 0 Å². The van der Waals surface area contributed by atoms with E-state index in [-0.39, 0.29) is 5.97 Å². The smallest absolute Gasteiger partial charge is 0.333 e. The van der Waals surface area contributed by atoms with Gasteiger partial charge in [-0.25, -0.2) is 4.79 Å². The minimum Gasteiger partial charge on any atom is -0.463 e. The van der Waals surface area contributed by atoms with E-state index in [4.69, 9.17) is 4.74 Å². The number of rotatable bonds is 8. The van der Waals surface area contributed by atoms with Gasteiger partial charge in [-0.05, 0) is 26.2 Å². The third-order valence-electron chi connectivity index (χ3n) is 1.83. The lowest BCUT2D eigenvalue weighted by Crippen LogP contribution is -2.07. The molecule has 0 aliphatic carbocycles. The van der Waals surface area contributed by atoms with Crippen LogP contribution < -0.4 is 0 Å². The predicted molar refractivity (Wildman–Crippen MR) is 59.4 cm³/mol. The number of carbonyl (C=O) groups is 2. The standard InChI is InChI=1S/C12H18O3/c1-3-5-8-11(9-6-7-10-13)12(14)15-4-2/h3,9-10H,1,4-8H2,2H3/b11-9+. The molecule has 0 rings (SSSR count). The van der Waals surface area contributed by atoms with E-state index in [1.54, 1.807) is 19.1 Å². The van der Waals surface area contributed by atoms with Gasteiger partial charge in [-0.1, -0.05) is 12.2 Å². The fourth-order valence-electron chi connectivity index (χ4n) is 1.09. The number of hydrogen-bond donors (Lipinski definition) is 0. The van der Waals surface area contributed by atoms with E-state index in [2.05, 4.69) is 6.58 Å². The highest BCUT2D eigenvalue weighted by Crippen LogP contribution is 2.09. The minimum atomic E-state index is -0.287. The molecule has 0 amide bonds. The van der Waals surface area contributed by atoms with Gasteiger partial charge in [0.25, 0.3) is 0 Å². The van der Waals surface area contributed by atoms with Crippen LogP contribution in [-0.2, 0) is 14.3 Å². The van der Waals surface area contributed by atoms with Gasteiger partial charge >= 0.3 is 5.97 Å². The van der Waals surface area contributed by atoms with E-state index in [0.29, 0.717) is 31.4 Å². The van der Waals surface area contributed by atoms with Crippen molar-refractivity contribution in [3.63, 3.8) is 0 Å². The van der Waals surface area contributed by atoms with Crippen molar-refractivity contribution in [1.29, 1.82) is 0 Å². The lowest BCUT2D eigenvalue weighted by Gasteiger charge is -2.05. The average Bonchev–Trinajstić information content (AvgIpc) is 2.23. The van der Waals surface area contributed by atoms with Crippen molar-refractivity contribution in [1.82, 2.24) is 0 Å². The average molecular weight is 210 g/mol. The van der Waals surface area contributed by atoms with Gasteiger partial charge in [0.2, 0.25) is 0 Å². The highest BCUT2D eigenvalue weighted by atomic mass is 16.5. The zero-order valence-electron chi connectivity index (χ0n) is 9.20. The molecule has 0 aliphatic heterocycles. The van der Waals surface area contributed by atoms with E-state index in [0.717, 1.165) is 12.7 Å². The maximum atomic E-state index is 11.4. The summed E-state index contributed by atoms with van der Waals surface area (Å²) in [6, 6.07) is 0. The van der Waals surface area contributed by atoms with Crippen LogP contribution in [0.1, 0.15) is 32.6 Å². The maximum absolute atomic E-state index is 11.4. The van der Waals surface area contributed by atoms with Gasteiger partial charge in [-0.3, -0.25) is 0 Å². The summed E-state index contributed by atoms with van der Waals surface area (Å²) in [5.74, 6) is -0.287. The van der Waals surface area contributed by atoms with Crippen molar-refractivity contribution in [2.45, 2.75) is 32.6 Å². The first-order chi connectivity index (χ1) is 7.26. The third-order valence-corrected chi connectivity index (χ3v) is 1.83. The van der Waals surface area contributed by atoms with Crippen LogP contribution in [0.4, 0.5) is 0 Å². The van der Waals surface area contributed by atoms with Gasteiger partial charge in [0.15, 0.2) is 0 Å². The molecule has 0 saturated carbocycles. The van der Waals surface area contributed by atoms with Gasteiger partial charge in [0.05, 0.1) is 6.61 Å². The molecule has 0 N–H and O–H groups in total. The molecular formula is C12H18O3. The molecule has 0 aliphatic rings. The molecule has 15 heavy (non-hydrogen) atoms. The summed E-state index contributed by atoms with van der Waals surface area (Å²) in [4.78, 5) is 21.6. The van der Waals surface area contributed by atoms with Crippen molar-refractivity contribution >= 4 is 12.3 Å². The second-order valence-corrected chi connectivity index (χ2v) is 3.02. The number of allylic oxidation sites excluding steroid dienone is 2. The molecule has 0 saturated heterocycles. The Morgan fingerprint density at radius 3 is 2.60 bits per heavy atom. The second-order valence-electron chi connectivity index (χ2n) is 3.02. The molecule has 0 fully saturated rings.